The number of β-amino-alcohol motifs (C(OH)–C–C–N with tert-alkyl or cyclic N) is 1. The van der Waals surface area contributed by atoms with Gasteiger partial charge in [-0.05, 0) is 32.9 Å². The summed E-state index contributed by atoms with van der Waals surface area (Å²) in [6, 6.07) is 3.39. The van der Waals surface area contributed by atoms with Crippen LogP contribution in [0.3, 0.4) is 0 Å². The first-order chi connectivity index (χ1) is 9.92. The predicted octanol–water partition coefficient (Wildman–Crippen LogP) is 2.14. The third-order valence-corrected chi connectivity index (χ3v) is 4.33. The number of aliphatic hydroxyl groups excluding tert-OH is 1. The SMILES string of the molecule is CC(C)(C)N(CCS(C)(=O)=O)CC(O)c1c(F)cccc1F. The maximum absolute atomic E-state index is 13.7. The smallest absolute Gasteiger partial charge is 0.148 e. The largest absolute Gasteiger partial charge is 0.387 e. The molecule has 0 aliphatic heterocycles. The molecule has 0 fully saturated rings. The third kappa shape index (κ3) is 5.62. The summed E-state index contributed by atoms with van der Waals surface area (Å²) in [5, 5.41) is 10.2. The Bertz CT molecular complexity index is 591. The second kappa shape index (κ2) is 7.02. The van der Waals surface area contributed by atoms with Gasteiger partial charge in [0.1, 0.15) is 21.5 Å². The highest BCUT2D eigenvalue weighted by Crippen LogP contribution is 2.24. The molecule has 126 valence electrons. The molecule has 0 spiro atoms. The lowest BCUT2D eigenvalue weighted by atomic mass is 10.0. The molecule has 0 radical (unpaired) electrons. The van der Waals surface area contributed by atoms with Crippen molar-refractivity contribution in [3.8, 4) is 0 Å². The van der Waals surface area contributed by atoms with Crippen LogP contribution in [0.2, 0.25) is 0 Å². The summed E-state index contributed by atoms with van der Waals surface area (Å²) in [4.78, 5) is 1.70. The van der Waals surface area contributed by atoms with Crippen LogP contribution in [0.5, 0.6) is 0 Å². The van der Waals surface area contributed by atoms with Crippen LogP contribution in [0, 0.1) is 11.6 Å². The fraction of sp³-hybridized carbons (Fsp3) is 0.600. The van der Waals surface area contributed by atoms with Crippen molar-refractivity contribution in [3.05, 3.63) is 35.4 Å². The first-order valence-electron chi connectivity index (χ1n) is 6.96. The van der Waals surface area contributed by atoms with Gasteiger partial charge in [-0.1, -0.05) is 6.07 Å². The van der Waals surface area contributed by atoms with E-state index in [1.807, 2.05) is 20.8 Å². The zero-order valence-electron chi connectivity index (χ0n) is 13.3. The molecule has 0 aliphatic carbocycles. The van der Waals surface area contributed by atoms with Crippen LogP contribution in [0.25, 0.3) is 0 Å². The normalized spacial score (nSPS) is 14.4. The van der Waals surface area contributed by atoms with E-state index in [4.69, 9.17) is 0 Å². The van der Waals surface area contributed by atoms with Crippen LogP contribution in [-0.4, -0.2) is 49.1 Å². The summed E-state index contributed by atoms with van der Waals surface area (Å²) in [7, 11) is -3.17. The molecule has 1 atom stereocenters. The van der Waals surface area contributed by atoms with Crippen molar-refractivity contribution >= 4 is 9.84 Å². The van der Waals surface area contributed by atoms with Gasteiger partial charge in [-0.25, -0.2) is 17.2 Å². The summed E-state index contributed by atoms with van der Waals surface area (Å²) < 4.78 is 50.1. The molecule has 0 amide bonds. The van der Waals surface area contributed by atoms with Gasteiger partial charge in [0, 0.05) is 24.9 Å². The number of nitrogens with zero attached hydrogens (tertiary/aromatic N) is 1. The highest BCUT2D eigenvalue weighted by atomic mass is 32.2. The minimum atomic E-state index is -3.17. The van der Waals surface area contributed by atoms with Gasteiger partial charge in [-0.2, -0.15) is 0 Å². The van der Waals surface area contributed by atoms with E-state index < -0.39 is 38.7 Å². The van der Waals surface area contributed by atoms with Gasteiger partial charge in [0.25, 0.3) is 0 Å². The number of sulfone groups is 1. The van der Waals surface area contributed by atoms with E-state index in [0.29, 0.717) is 0 Å². The number of halogens is 2. The standard InChI is InChI=1S/C15H23F2NO3S/c1-15(2,3)18(8-9-22(4,20)21)10-13(19)14-11(16)6-5-7-12(14)17/h5-7,13,19H,8-10H2,1-4H3. The fourth-order valence-electron chi connectivity index (χ4n) is 2.11. The highest BCUT2D eigenvalue weighted by molar-refractivity contribution is 7.90. The molecular formula is C15H23F2NO3S. The number of rotatable bonds is 6. The third-order valence-electron chi connectivity index (χ3n) is 3.41. The zero-order chi connectivity index (χ0) is 17.1. The molecule has 0 aromatic heterocycles. The van der Waals surface area contributed by atoms with Gasteiger partial charge >= 0.3 is 0 Å². The average Bonchev–Trinajstić information content (AvgIpc) is 2.31. The van der Waals surface area contributed by atoms with Crippen molar-refractivity contribution in [1.82, 2.24) is 4.90 Å². The van der Waals surface area contributed by atoms with Crippen LogP contribution in [0.15, 0.2) is 18.2 Å². The van der Waals surface area contributed by atoms with Crippen molar-refractivity contribution in [2.45, 2.75) is 32.4 Å². The zero-order valence-corrected chi connectivity index (χ0v) is 14.1. The van der Waals surface area contributed by atoms with Gasteiger partial charge in [-0.15, -0.1) is 0 Å². The number of benzene rings is 1. The van der Waals surface area contributed by atoms with Crippen LogP contribution in [-0.2, 0) is 9.84 Å². The second-order valence-electron chi connectivity index (χ2n) is 6.40. The topological polar surface area (TPSA) is 57.6 Å². The number of hydrogen-bond acceptors (Lipinski definition) is 4. The molecule has 0 saturated carbocycles. The lowest BCUT2D eigenvalue weighted by Gasteiger charge is -2.37. The van der Waals surface area contributed by atoms with Gasteiger partial charge in [-0.3, -0.25) is 4.90 Å². The molecule has 7 heteroatoms. The van der Waals surface area contributed by atoms with E-state index in [2.05, 4.69) is 0 Å². The molecule has 4 nitrogen and oxygen atoms in total. The maximum atomic E-state index is 13.7. The van der Waals surface area contributed by atoms with E-state index in [1.54, 1.807) is 4.90 Å². The first-order valence-corrected chi connectivity index (χ1v) is 9.02. The Balaban J connectivity index is 2.94. The summed E-state index contributed by atoms with van der Waals surface area (Å²) >= 11 is 0. The Morgan fingerprint density at radius 3 is 2.14 bits per heavy atom. The van der Waals surface area contributed by atoms with Crippen LogP contribution >= 0.6 is 0 Å². The molecule has 1 aromatic rings. The van der Waals surface area contributed by atoms with Gasteiger partial charge in [0.15, 0.2) is 0 Å². The van der Waals surface area contributed by atoms with Crippen molar-refractivity contribution in [2.24, 2.45) is 0 Å². The number of aliphatic hydroxyl groups is 1. The molecular weight excluding hydrogens is 312 g/mol. The molecule has 0 aliphatic rings. The summed E-state index contributed by atoms with van der Waals surface area (Å²) in [5.74, 6) is -1.72. The Labute approximate surface area is 130 Å². The Kier molecular flexibility index (Phi) is 6.06. The van der Waals surface area contributed by atoms with E-state index in [-0.39, 0.29) is 18.8 Å². The lowest BCUT2D eigenvalue weighted by molar-refractivity contribution is 0.0593. The van der Waals surface area contributed by atoms with Crippen LogP contribution < -0.4 is 0 Å². The monoisotopic (exact) mass is 335 g/mol. The highest BCUT2D eigenvalue weighted by Gasteiger charge is 2.27. The maximum Gasteiger partial charge on any atom is 0.148 e. The minimum absolute atomic E-state index is 0.0587. The van der Waals surface area contributed by atoms with Crippen molar-refractivity contribution in [2.75, 3.05) is 25.1 Å². The predicted molar refractivity (Wildman–Crippen MR) is 82.4 cm³/mol. The molecule has 22 heavy (non-hydrogen) atoms. The van der Waals surface area contributed by atoms with E-state index >= 15 is 0 Å². The molecule has 0 saturated heterocycles. The van der Waals surface area contributed by atoms with Crippen molar-refractivity contribution in [1.29, 1.82) is 0 Å². The van der Waals surface area contributed by atoms with Crippen LogP contribution in [0.4, 0.5) is 8.78 Å². The molecule has 0 heterocycles. The Hall–Kier alpha value is -1.05. The summed E-state index contributed by atoms with van der Waals surface area (Å²) in [6.45, 7) is 5.66. The first kappa shape index (κ1) is 19.0. The average molecular weight is 335 g/mol. The molecule has 1 aromatic carbocycles. The fourth-order valence-corrected chi connectivity index (χ4v) is 2.66. The quantitative estimate of drug-likeness (QED) is 0.865. The van der Waals surface area contributed by atoms with Gasteiger partial charge in [0.2, 0.25) is 0 Å². The lowest BCUT2D eigenvalue weighted by Crippen LogP contribution is -2.46. The van der Waals surface area contributed by atoms with E-state index in [9.17, 15) is 22.3 Å². The van der Waals surface area contributed by atoms with Gasteiger partial charge in [0.05, 0.1) is 17.4 Å². The van der Waals surface area contributed by atoms with E-state index in [1.165, 1.54) is 6.07 Å². The molecule has 0 bridgehead atoms. The number of hydrogen-bond donors (Lipinski definition) is 1. The molecule has 1 unspecified atom stereocenters. The molecule has 1 N–H and O–H groups in total. The Morgan fingerprint density at radius 1 is 1.23 bits per heavy atom. The Morgan fingerprint density at radius 2 is 1.73 bits per heavy atom. The summed E-state index contributed by atoms with van der Waals surface area (Å²) in [5.41, 5.74) is -0.843. The van der Waals surface area contributed by atoms with Crippen molar-refractivity contribution in [3.63, 3.8) is 0 Å². The van der Waals surface area contributed by atoms with Gasteiger partial charge < -0.3 is 5.11 Å². The van der Waals surface area contributed by atoms with Crippen LogP contribution in [0.1, 0.15) is 32.4 Å². The summed E-state index contributed by atoms with van der Waals surface area (Å²) in [6.07, 6.45) is -0.249. The van der Waals surface area contributed by atoms with Crippen molar-refractivity contribution < 1.29 is 22.3 Å². The minimum Gasteiger partial charge on any atom is -0.387 e. The second-order valence-corrected chi connectivity index (χ2v) is 8.66. The molecule has 1 rings (SSSR count). The van der Waals surface area contributed by atoms with E-state index in [0.717, 1.165) is 18.4 Å².